The van der Waals surface area contributed by atoms with E-state index in [1.165, 1.54) is 0 Å². The van der Waals surface area contributed by atoms with Crippen LogP contribution in [0.25, 0.3) is 11.3 Å². The molecule has 0 amide bonds. The lowest BCUT2D eigenvalue weighted by atomic mass is 10.0. The van der Waals surface area contributed by atoms with Crippen LogP contribution in [0.1, 0.15) is 48.5 Å². The highest BCUT2D eigenvalue weighted by molar-refractivity contribution is 6.33. The molecule has 2 aliphatic rings. The fourth-order valence-corrected chi connectivity index (χ4v) is 4.45. The molecule has 158 valence electrons. The molecular formula is C25H24ClN3O2. The highest BCUT2D eigenvalue weighted by atomic mass is 35.5. The molecule has 5 rings (SSSR count). The fourth-order valence-electron chi connectivity index (χ4n) is 4.22. The third kappa shape index (κ3) is 4.32. The Morgan fingerprint density at radius 2 is 1.81 bits per heavy atom. The summed E-state index contributed by atoms with van der Waals surface area (Å²) >= 11 is 6.43. The lowest BCUT2D eigenvalue weighted by Gasteiger charge is -2.33. The molecule has 1 saturated carbocycles. The molecule has 0 unspecified atom stereocenters. The second-order valence-corrected chi connectivity index (χ2v) is 8.69. The van der Waals surface area contributed by atoms with E-state index in [4.69, 9.17) is 26.1 Å². The highest BCUT2D eigenvalue weighted by Gasteiger charge is 2.33. The number of halogens is 1. The van der Waals surface area contributed by atoms with E-state index in [1.54, 1.807) is 0 Å². The summed E-state index contributed by atoms with van der Waals surface area (Å²) in [5.41, 5.74) is 4.60. The average Bonchev–Trinajstić information content (AvgIpc) is 3.58. The summed E-state index contributed by atoms with van der Waals surface area (Å²) in [4.78, 5) is 2.35. The first kappa shape index (κ1) is 20.1. The van der Waals surface area contributed by atoms with Crippen molar-refractivity contribution < 1.29 is 9.26 Å². The first-order valence-electron chi connectivity index (χ1n) is 10.8. The largest absolute Gasteiger partial charge is 0.373 e. The van der Waals surface area contributed by atoms with Crippen LogP contribution in [0.2, 0.25) is 5.02 Å². The zero-order valence-corrected chi connectivity index (χ0v) is 18.0. The van der Waals surface area contributed by atoms with E-state index < -0.39 is 0 Å². The van der Waals surface area contributed by atoms with Crippen molar-refractivity contribution in [2.24, 2.45) is 0 Å². The summed E-state index contributed by atoms with van der Waals surface area (Å²) in [7, 11) is 0. The van der Waals surface area contributed by atoms with Gasteiger partial charge in [-0.05, 0) is 56.0 Å². The number of piperidine rings is 1. The molecule has 1 aromatic heterocycles. The van der Waals surface area contributed by atoms with Crippen LogP contribution in [0.4, 0.5) is 5.69 Å². The van der Waals surface area contributed by atoms with Crippen molar-refractivity contribution in [2.45, 2.75) is 44.3 Å². The number of hydrogen-bond donors (Lipinski definition) is 0. The quantitative estimate of drug-likeness (QED) is 0.482. The van der Waals surface area contributed by atoms with Crippen LogP contribution < -0.4 is 4.90 Å². The Morgan fingerprint density at radius 1 is 1.06 bits per heavy atom. The van der Waals surface area contributed by atoms with Gasteiger partial charge in [-0.1, -0.05) is 35.0 Å². The predicted molar refractivity (Wildman–Crippen MR) is 120 cm³/mol. The number of anilines is 1. The SMILES string of the molecule is N#Cc1ccc(N2CCC(OCc3c(-c4ccccc4Cl)noc3C3CC3)CC2)cc1. The maximum absolute atomic E-state index is 8.98. The van der Waals surface area contributed by atoms with Crippen molar-refractivity contribution in [1.29, 1.82) is 5.26 Å². The minimum atomic E-state index is 0.204. The Bertz CT molecular complexity index is 1090. The van der Waals surface area contributed by atoms with Crippen molar-refractivity contribution in [3.8, 4) is 17.3 Å². The molecule has 3 aromatic rings. The molecule has 0 atom stereocenters. The second kappa shape index (κ2) is 8.74. The van der Waals surface area contributed by atoms with Gasteiger partial charge in [-0.25, -0.2) is 0 Å². The molecule has 2 heterocycles. The number of hydrogen-bond acceptors (Lipinski definition) is 5. The van der Waals surface area contributed by atoms with Gasteiger partial charge in [0.1, 0.15) is 11.5 Å². The molecule has 1 aliphatic carbocycles. The Labute approximate surface area is 187 Å². The van der Waals surface area contributed by atoms with Crippen molar-refractivity contribution in [2.75, 3.05) is 18.0 Å². The summed E-state index contributed by atoms with van der Waals surface area (Å²) < 4.78 is 12.1. The van der Waals surface area contributed by atoms with Crippen LogP contribution >= 0.6 is 11.6 Å². The third-order valence-corrected chi connectivity index (χ3v) is 6.49. The van der Waals surface area contributed by atoms with E-state index in [-0.39, 0.29) is 6.10 Å². The van der Waals surface area contributed by atoms with Crippen molar-refractivity contribution in [3.63, 3.8) is 0 Å². The van der Waals surface area contributed by atoms with Gasteiger partial charge in [-0.15, -0.1) is 0 Å². The minimum Gasteiger partial charge on any atom is -0.373 e. The van der Waals surface area contributed by atoms with Crippen LogP contribution in [-0.2, 0) is 11.3 Å². The lowest BCUT2D eigenvalue weighted by molar-refractivity contribution is 0.0246. The number of benzene rings is 2. The standard InChI is InChI=1S/C25H24ClN3O2/c26-23-4-2-1-3-21(23)24-22(25(31-28-24)18-7-8-18)16-30-20-11-13-29(14-12-20)19-9-5-17(15-27)6-10-19/h1-6,9-10,18,20H,7-8,11-14,16H2. The van der Waals surface area contributed by atoms with Gasteiger partial charge >= 0.3 is 0 Å². The van der Waals surface area contributed by atoms with Gasteiger partial charge in [0.25, 0.3) is 0 Å². The number of ether oxygens (including phenoxy) is 1. The maximum atomic E-state index is 8.98. The van der Waals surface area contributed by atoms with Crippen molar-refractivity contribution in [1.82, 2.24) is 5.16 Å². The molecule has 0 radical (unpaired) electrons. The first-order valence-corrected chi connectivity index (χ1v) is 11.2. The van der Waals surface area contributed by atoms with E-state index in [1.807, 2.05) is 48.5 Å². The topological polar surface area (TPSA) is 62.3 Å². The highest BCUT2D eigenvalue weighted by Crippen LogP contribution is 2.45. The minimum absolute atomic E-state index is 0.204. The van der Waals surface area contributed by atoms with Gasteiger partial charge in [-0.2, -0.15) is 5.26 Å². The van der Waals surface area contributed by atoms with E-state index >= 15 is 0 Å². The summed E-state index contributed by atoms with van der Waals surface area (Å²) in [6.45, 7) is 2.37. The monoisotopic (exact) mass is 433 g/mol. The third-order valence-electron chi connectivity index (χ3n) is 6.16. The second-order valence-electron chi connectivity index (χ2n) is 8.28. The summed E-state index contributed by atoms with van der Waals surface area (Å²) in [6, 6.07) is 17.7. The molecule has 1 aliphatic heterocycles. The van der Waals surface area contributed by atoms with Crippen LogP contribution in [0.15, 0.2) is 53.1 Å². The normalized spacial score (nSPS) is 17.0. The molecular weight excluding hydrogens is 410 g/mol. The summed E-state index contributed by atoms with van der Waals surface area (Å²) in [5.74, 6) is 1.42. The van der Waals surface area contributed by atoms with Crippen molar-refractivity contribution >= 4 is 17.3 Å². The molecule has 1 saturated heterocycles. The number of nitrogens with zero attached hydrogens (tertiary/aromatic N) is 3. The predicted octanol–water partition coefficient (Wildman–Crippen LogP) is 5.93. The van der Waals surface area contributed by atoms with Crippen LogP contribution in [0.3, 0.4) is 0 Å². The maximum Gasteiger partial charge on any atom is 0.145 e. The Morgan fingerprint density at radius 3 is 2.48 bits per heavy atom. The van der Waals surface area contributed by atoms with E-state index in [0.717, 1.165) is 67.0 Å². The first-order chi connectivity index (χ1) is 15.2. The molecule has 0 bridgehead atoms. The number of aromatic nitrogens is 1. The fraction of sp³-hybridized carbons (Fsp3) is 0.360. The van der Waals surface area contributed by atoms with Gasteiger partial charge in [0.15, 0.2) is 0 Å². The number of rotatable bonds is 6. The molecule has 0 spiro atoms. The van der Waals surface area contributed by atoms with Crippen LogP contribution in [0, 0.1) is 11.3 Å². The molecule has 2 aromatic carbocycles. The van der Waals surface area contributed by atoms with Gasteiger partial charge in [0, 0.05) is 35.8 Å². The Balaban J connectivity index is 1.25. The summed E-state index contributed by atoms with van der Waals surface area (Å²) in [5, 5.41) is 14.0. The van der Waals surface area contributed by atoms with E-state index in [9.17, 15) is 0 Å². The average molecular weight is 434 g/mol. The molecule has 6 heteroatoms. The van der Waals surface area contributed by atoms with Gasteiger partial charge in [-0.3, -0.25) is 0 Å². The van der Waals surface area contributed by atoms with Gasteiger partial charge < -0.3 is 14.2 Å². The van der Waals surface area contributed by atoms with Gasteiger partial charge in [0.05, 0.1) is 29.4 Å². The van der Waals surface area contributed by atoms with Gasteiger partial charge in [0.2, 0.25) is 0 Å². The molecule has 2 fully saturated rings. The van der Waals surface area contributed by atoms with Crippen molar-refractivity contribution in [3.05, 3.63) is 70.4 Å². The molecule has 5 nitrogen and oxygen atoms in total. The Kier molecular flexibility index (Phi) is 5.67. The van der Waals surface area contributed by atoms with Crippen LogP contribution in [-0.4, -0.2) is 24.4 Å². The molecule has 0 N–H and O–H groups in total. The lowest BCUT2D eigenvalue weighted by Crippen LogP contribution is -2.37. The zero-order valence-electron chi connectivity index (χ0n) is 17.3. The zero-order chi connectivity index (χ0) is 21.2. The van der Waals surface area contributed by atoms with Crippen LogP contribution in [0.5, 0.6) is 0 Å². The Hall–Kier alpha value is -2.81. The number of nitriles is 1. The molecule has 31 heavy (non-hydrogen) atoms. The van der Waals surface area contributed by atoms with E-state index in [0.29, 0.717) is 23.1 Å². The summed E-state index contributed by atoms with van der Waals surface area (Å²) in [6.07, 6.45) is 4.42. The van der Waals surface area contributed by atoms with E-state index in [2.05, 4.69) is 16.1 Å². The smallest absolute Gasteiger partial charge is 0.145 e.